The third-order valence-corrected chi connectivity index (χ3v) is 2.07. The van der Waals surface area contributed by atoms with E-state index in [1.807, 2.05) is 0 Å². The third kappa shape index (κ3) is 2.44. The van der Waals surface area contributed by atoms with Crippen LogP contribution >= 0.6 is 11.6 Å². The van der Waals surface area contributed by atoms with Gasteiger partial charge in [-0.1, -0.05) is 11.6 Å². The minimum absolute atomic E-state index is 0.0130. The van der Waals surface area contributed by atoms with E-state index in [-0.39, 0.29) is 6.61 Å². The highest BCUT2D eigenvalue weighted by Crippen LogP contribution is 2.29. The first-order valence-corrected chi connectivity index (χ1v) is 4.66. The van der Waals surface area contributed by atoms with Gasteiger partial charge in [-0.15, -0.1) is 0 Å². The van der Waals surface area contributed by atoms with Gasteiger partial charge in [-0.05, 0) is 6.92 Å². The van der Waals surface area contributed by atoms with E-state index in [0.29, 0.717) is 6.20 Å². The lowest BCUT2D eigenvalue weighted by atomic mass is 10.2. The number of alkyl halides is 2. The van der Waals surface area contributed by atoms with Crippen molar-refractivity contribution in [2.24, 2.45) is 0 Å². The zero-order valence-corrected chi connectivity index (χ0v) is 8.89. The van der Waals surface area contributed by atoms with Crippen LogP contribution < -0.4 is 0 Å². The molecule has 0 atom stereocenters. The van der Waals surface area contributed by atoms with Gasteiger partial charge in [0.15, 0.2) is 5.82 Å². The summed E-state index contributed by atoms with van der Waals surface area (Å²) in [5.74, 6) is -2.18. The topological polar surface area (TPSA) is 39.2 Å². The second-order valence-electron chi connectivity index (χ2n) is 2.70. The lowest BCUT2D eigenvalue weighted by Gasteiger charge is -2.08. The van der Waals surface area contributed by atoms with Crippen LogP contribution in [0.4, 0.5) is 13.2 Å². The molecule has 0 fully saturated rings. The van der Waals surface area contributed by atoms with E-state index in [9.17, 15) is 18.0 Å². The summed E-state index contributed by atoms with van der Waals surface area (Å²) in [6.45, 7) is 1.49. The summed E-state index contributed by atoms with van der Waals surface area (Å²) >= 11 is 5.46. The predicted molar refractivity (Wildman–Crippen MR) is 50.1 cm³/mol. The van der Waals surface area contributed by atoms with Gasteiger partial charge in [0.2, 0.25) is 0 Å². The van der Waals surface area contributed by atoms with Crippen LogP contribution in [-0.2, 0) is 4.74 Å². The van der Waals surface area contributed by atoms with Crippen molar-refractivity contribution >= 4 is 17.6 Å². The maximum Gasteiger partial charge on any atom is 0.342 e. The van der Waals surface area contributed by atoms with Gasteiger partial charge in [-0.25, -0.2) is 18.0 Å². The van der Waals surface area contributed by atoms with Gasteiger partial charge in [-0.2, -0.15) is 0 Å². The first kappa shape index (κ1) is 12.8. The Labute approximate surface area is 94.2 Å². The first-order chi connectivity index (χ1) is 7.49. The fourth-order valence-corrected chi connectivity index (χ4v) is 1.32. The number of hydrogen-bond donors (Lipinski definition) is 0. The number of esters is 1. The van der Waals surface area contributed by atoms with Gasteiger partial charge in [0.05, 0.1) is 17.8 Å². The van der Waals surface area contributed by atoms with Gasteiger partial charge in [0.25, 0.3) is 6.43 Å². The third-order valence-electron chi connectivity index (χ3n) is 1.69. The molecule has 0 bridgehead atoms. The van der Waals surface area contributed by atoms with Crippen LogP contribution in [0.3, 0.4) is 0 Å². The van der Waals surface area contributed by atoms with Crippen molar-refractivity contribution in [2.75, 3.05) is 6.61 Å². The average Bonchev–Trinajstić information content (AvgIpc) is 2.17. The number of rotatable bonds is 3. The molecular weight excluding hydrogens is 247 g/mol. The van der Waals surface area contributed by atoms with Crippen molar-refractivity contribution in [2.45, 2.75) is 13.3 Å². The molecule has 0 radical (unpaired) electrons. The quantitative estimate of drug-likeness (QED) is 0.778. The van der Waals surface area contributed by atoms with Crippen LogP contribution in [-0.4, -0.2) is 17.6 Å². The van der Waals surface area contributed by atoms with Crippen molar-refractivity contribution in [1.29, 1.82) is 0 Å². The van der Waals surface area contributed by atoms with E-state index in [2.05, 4.69) is 9.72 Å². The molecule has 7 heteroatoms. The van der Waals surface area contributed by atoms with Gasteiger partial charge in [0.1, 0.15) is 11.3 Å². The van der Waals surface area contributed by atoms with Crippen LogP contribution in [0.2, 0.25) is 5.02 Å². The van der Waals surface area contributed by atoms with Gasteiger partial charge in [0, 0.05) is 0 Å². The highest BCUT2D eigenvalue weighted by molar-refractivity contribution is 6.34. The molecule has 0 N–H and O–H groups in total. The molecule has 1 aromatic rings. The minimum Gasteiger partial charge on any atom is -0.462 e. The molecule has 1 aromatic heterocycles. The largest absolute Gasteiger partial charge is 0.462 e. The highest BCUT2D eigenvalue weighted by atomic mass is 35.5. The Balaban J connectivity index is 3.26. The summed E-state index contributed by atoms with van der Waals surface area (Å²) in [6, 6.07) is 0. The number of halogens is 4. The molecule has 3 nitrogen and oxygen atoms in total. The molecule has 0 spiro atoms. The summed E-state index contributed by atoms with van der Waals surface area (Å²) in [5, 5.41) is -0.714. The number of aromatic nitrogens is 1. The molecule has 0 amide bonds. The van der Waals surface area contributed by atoms with Crippen molar-refractivity contribution < 1.29 is 22.7 Å². The number of carbonyl (C=O) groups excluding carboxylic acids is 1. The molecule has 16 heavy (non-hydrogen) atoms. The lowest BCUT2D eigenvalue weighted by molar-refractivity contribution is 0.0520. The van der Waals surface area contributed by atoms with E-state index in [0.717, 1.165) is 0 Å². The highest BCUT2D eigenvalue weighted by Gasteiger charge is 2.24. The van der Waals surface area contributed by atoms with Crippen LogP contribution in [0.1, 0.15) is 29.4 Å². The Morgan fingerprint density at radius 2 is 2.25 bits per heavy atom. The molecule has 0 saturated carbocycles. The van der Waals surface area contributed by atoms with E-state index >= 15 is 0 Å². The Morgan fingerprint density at radius 1 is 1.62 bits per heavy atom. The van der Waals surface area contributed by atoms with Crippen LogP contribution in [0.5, 0.6) is 0 Å². The molecule has 88 valence electrons. The fourth-order valence-electron chi connectivity index (χ4n) is 1.02. The van der Waals surface area contributed by atoms with Crippen LogP contribution in [0.15, 0.2) is 6.20 Å². The van der Waals surface area contributed by atoms with Crippen molar-refractivity contribution in [3.8, 4) is 0 Å². The number of hydrogen-bond acceptors (Lipinski definition) is 3. The maximum atomic E-state index is 13.2. The normalized spacial score (nSPS) is 10.6. The molecule has 0 saturated heterocycles. The zero-order chi connectivity index (χ0) is 12.3. The molecule has 1 heterocycles. The summed E-state index contributed by atoms with van der Waals surface area (Å²) < 4.78 is 42.4. The SMILES string of the molecule is CCOC(=O)c1c(F)cnc(C(F)F)c1Cl. The van der Waals surface area contributed by atoms with Crippen LogP contribution in [0, 0.1) is 5.82 Å². The minimum atomic E-state index is -2.98. The number of carbonyl (C=O) groups is 1. The lowest BCUT2D eigenvalue weighted by Crippen LogP contribution is -2.10. The van der Waals surface area contributed by atoms with Gasteiger partial charge < -0.3 is 4.74 Å². The molecule has 0 aromatic carbocycles. The Morgan fingerprint density at radius 3 is 2.75 bits per heavy atom. The smallest absolute Gasteiger partial charge is 0.342 e. The van der Waals surface area contributed by atoms with Crippen molar-refractivity contribution in [3.05, 3.63) is 28.3 Å². The second-order valence-corrected chi connectivity index (χ2v) is 3.08. The van der Waals surface area contributed by atoms with Crippen molar-refractivity contribution in [3.63, 3.8) is 0 Å². The predicted octanol–water partition coefficient (Wildman–Crippen LogP) is 2.99. The molecule has 0 aliphatic heterocycles. The molecule has 0 aliphatic rings. The van der Waals surface area contributed by atoms with Gasteiger partial charge >= 0.3 is 5.97 Å². The fraction of sp³-hybridized carbons (Fsp3) is 0.333. The summed E-state index contributed by atoms with van der Waals surface area (Å²) in [6.07, 6.45) is -2.47. The van der Waals surface area contributed by atoms with E-state index < -0.39 is 34.5 Å². The van der Waals surface area contributed by atoms with E-state index in [1.54, 1.807) is 0 Å². The first-order valence-electron chi connectivity index (χ1n) is 4.28. The van der Waals surface area contributed by atoms with E-state index in [4.69, 9.17) is 11.6 Å². The summed E-state index contributed by atoms with van der Waals surface area (Å²) in [4.78, 5) is 14.4. The Kier molecular flexibility index (Phi) is 4.12. The number of nitrogens with zero attached hydrogens (tertiary/aromatic N) is 1. The summed E-state index contributed by atoms with van der Waals surface area (Å²) in [7, 11) is 0. The molecular formula is C9H7ClF3NO2. The molecule has 1 rings (SSSR count). The molecule has 0 unspecified atom stereocenters. The zero-order valence-electron chi connectivity index (χ0n) is 8.14. The number of pyridine rings is 1. The summed E-state index contributed by atoms with van der Waals surface area (Å²) in [5.41, 5.74) is -1.56. The van der Waals surface area contributed by atoms with E-state index in [1.165, 1.54) is 6.92 Å². The average molecular weight is 254 g/mol. The second kappa shape index (κ2) is 5.16. The van der Waals surface area contributed by atoms with Crippen LogP contribution in [0.25, 0.3) is 0 Å². The Hall–Kier alpha value is -1.30. The number of ether oxygens (including phenoxy) is 1. The van der Waals surface area contributed by atoms with Crippen molar-refractivity contribution in [1.82, 2.24) is 4.98 Å². The monoisotopic (exact) mass is 253 g/mol. The molecule has 0 aliphatic carbocycles. The Bertz CT molecular complexity index is 412. The standard InChI is InChI=1S/C9H7ClF3NO2/c1-2-16-9(15)5-4(11)3-14-7(6(5)10)8(12)13/h3,8H,2H2,1H3. The van der Waals surface area contributed by atoms with Gasteiger partial charge in [-0.3, -0.25) is 4.98 Å². The maximum absolute atomic E-state index is 13.2.